The molecule has 2 rings (SSSR count). The first-order valence-corrected chi connectivity index (χ1v) is 10.8. The predicted molar refractivity (Wildman–Crippen MR) is 102 cm³/mol. The van der Waals surface area contributed by atoms with E-state index in [1.54, 1.807) is 0 Å². The fourth-order valence-corrected chi connectivity index (χ4v) is 5.69. The van der Waals surface area contributed by atoms with E-state index in [2.05, 4.69) is 45.2 Å². The van der Waals surface area contributed by atoms with Crippen molar-refractivity contribution in [1.82, 2.24) is 9.80 Å². The van der Waals surface area contributed by atoms with Crippen LogP contribution in [-0.4, -0.2) is 59.6 Å². The number of rotatable bonds is 7. The van der Waals surface area contributed by atoms with Crippen LogP contribution in [0.4, 0.5) is 0 Å². The van der Waals surface area contributed by atoms with Crippen LogP contribution in [0.25, 0.3) is 0 Å². The molecule has 2 saturated heterocycles. The van der Waals surface area contributed by atoms with Gasteiger partial charge >= 0.3 is 0 Å². The number of nitrogens with zero attached hydrogens (tertiary/aromatic N) is 2. The van der Waals surface area contributed by atoms with Crippen molar-refractivity contribution in [3.63, 3.8) is 0 Å². The normalized spacial score (nSPS) is 24.3. The van der Waals surface area contributed by atoms with Gasteiger partial charge in [0.2, 0.25) is 0 Å². The summed E-state index contributed by atoms with van der Waals surface area (Å²) in [6.07, 6.45) is 8.54. The summed E-state index contributed by atoms with van der Waals surface area (Å²) in [7, 11) is 4.23. The summed E-state index contributed by atoms with van der Waals surface area (Å²) >= 11 is 0. The minimum Gasteiger partial charge on any atom is -0.302 e. The van der Waals surface area contributed by atoms with E-state index in [4.69, 9.17) is 0 Å². The second kappa shape index (κ2) is 11.4. The zero-order chi connectivity index (χ0) is 14.2. The first kappa shape index (κ1) is 20.0. The van der Waals surface area contributed by atoms with Crippen molar-refractivity contribution in [3.05, 3.63) is 0 Å². The van der Waals surface area contributed by atoms with Crippen molar-refractivity contribution >= 4 is 34.0 Å². The Morgan fingerprint density at radius 1 is 0.667 bits per heavy atom. The van der Waals surface area contributed by atoms with E-state index in [0.29, 0.717) is 0 Å². The summed E-state index contributed by atoms with van der Waals surface area (Å²) in [4.78, 5) is 5.33. The zero-order valence-corrected chi connectivity index (χ0v) is 16.2. The molecule has 0 aromatic heterocycles. The highest BCUT2D eigenvalue weighted by Gasteiger charge is 2.17. The highest BCUT2D eigenvalue weighted by molar-refractivity contribution is 8.77. The Kier molecular flexibility index (Phi) is 10.9. The molecule has 0 aromatic carbocycles. The molecule has 2 fully saturated rings. The molecule has 0 bridgehead atoms. The topological polar surface area (TPSA) is 6.48 Å². The molecule has 0 aromatic rings. The van der Waals surface area contributed by atoms with E-state index in [1.807, 2.05) is 0 Å². The fraction of sp³-hybridized carbons (Fsp3) is 1.00. The Bertz CT molecular complexity index is 231. The molecule has 2 nitrogen and oxygen atoms in total. The first-order valence-electron chi connectivity index (χ1n) is 8.51. The highest BCUT2D eigenvalue weighted by Crippen LogP contribution is 2.32. The van der Waals surface area contributed by atoms with Gasteiger partial charge in [-0.2, -0.15) is 0 Å². The number of halogens is 1. The lowest BCUT2D eigenvalue weighted by Gasteiger charge is -2.30. The Hall–Kier alpha value is 0.910. The van der Waals surface area contributed by atoms with Crippen LogP contribution < -0.4 is 0 Å². The lowest BCUT2D eigenvalue weighted by molar-refractivity contribution is 0.231. The van der Waals surface area contributed by atoms with Gasteiger partial charge in [-0.3, -0.25) is 0 Å². The van der Waals surface area contributed by atoms with Crippen molar-refractivity contribution < 1.29 is 0 Å². The predicted octanol–water partition coefficient (Wildman–Crippen LogP) is 4.54. The summed E-state index contributed by atoms with van der Waals surface area (Å²) in [6.45, 7) is 12.7. The average Bonchev–Trinajstić information content (AvgIpc) is 2.47. The van der Waals surface area contributed by atoms with Gasteiger partial charge in [0.25, 0.3) is 0 Å². The molecule has 2 unspecified atom stereocenters. The Morgan fingerprint density at radius 3 is 1.33 bits per heavy atom. The molecule has 2 atom stereocenters. The third-order valence-corrected chi connectivity index (χ3v) is 7.68. The van der Waals surface area contributed by atoms with Gasteiger partial charge in [0.05, 0.1) is 0 Å². The van der Waals surface area contributed by atoms with Gasteiger partial charge in [-0.1, -0.05) is 48.3 Å². The maximum absolute atomic E-state index is 2.66. The van der Waals surface area contributed by atoms with Crippen LogP contribution >= 0.6 is 34.0 Å². The number of hydrogen-bond donors (Lipinski definition) is 0. The van der Waals surface area contributed by atoms with Crippen LogP contribution in [-0.2, 0) is 0 Å². The van der Waals surface area contributed by atoms with Crippen molar-refractivity contribution in [1.29, 1.82) is 0 Å². The maximum Gasteiger partial charge on any atom is 0.0250 e. The third-order valence-electron chi connectivity index (χ3n) is 4.31. The van der Waals surface area contributed by atoms with Gasteiger partial charge in [-0.05, 0) is 51.9 Å². The van der Waals surface area contributed by atoms with E-state index in [9.17, 15) is 0 Å². The van der Waals surface area contributed by atoms with Crippen LogP contribution in [0, 0.1) is 0 Å². The number of hydrogen-bond acceptors (Lipinski definition) is 4. The highest BCUT2D eigenvalue weighted by atomic mass is 35.5. The maximum atomic E-state index is 2.66. The standard InChI is InChI=1S/C16H32N2S2.ClH/c1-15(13-17-9-5-3-6-10-17)19-20-16(2)14-18-11-7-4-8-12-18;/h15-16H,3-14H2,1-2H3;1H. The molecular weight excluding hydrogens is 320 g/mol. The minimum absolute atomic E-state index is 0. The molecule has 2 heterocycles. The van der Waals surface area contributed by atoms with E-state index in [-0.39, 0.29) is 12.4 Å². The van der Waals surface area contributed by atoms with Crippen molar-refractivity contribution in [2.45, 2.75) is 62.9 Å². The second-order valence-corrected chi connectivity index (χ2v) is 9.69. The van der Waals surface area contributed by atoms with Gasteiger partial charge < -0.3 is 9.80 Å². The molecule has 0 amide bonds. The SMILES string of the molecule is CC(CN1CCCCC1)SSC(C)CN1CCCCC1.Cl. The molecule has 0 N–H and O–H groups in total. The monoisotopic (exact) mass is 352 g/mol. The van der Waals surface area contributed by atoms with Gasteiger partial charge in [0.1, 0.15) is 0 Å². The Balaban J connectivity index is 0.00000220. The minimum atomic E-state index is 0. The van der Waals surface area contributed by atoms with Crippen LogP contribution in [0.15, 0.2) is 0 Å². The third kappa shape index (κ3) is 8.36. The molecule has 0 aliphatic carbocycles. The molecule has 0 radical (unpaired) electrons. The Morgan fingerprint density at radius 2 is 1.00 bits per heavy atom. The zero-order valence-electron chi connectivity index (χ0n) is 13.8. The van der Waals surface area contributed by atoms with E-state index in [1.165, 1.54) is 77.8 Å². The van der Waals surface area contributed by atoms with E-state index >= 15 is 0 Å². The lowest BCUT2D eigenvalue weighted by Crippen LogP contribution is -2.35. The summed E-state index contributed by atoms with van der Waals surface area (Å²) in [5.74, 6) is 0. The molecule has 21 heavy (non-hydrogen) atoms. The lowest BCUT2D eigenvalue weighted by atomic mass is 10.1. The van der Waals surface area contributed by atoms with Crippen LogP contribution in [0.2, 0.25) is 0 Å². The number of piperidine rings is 2. The summed E-state index contributed by atoms with van der Waals surface area (Å²) in [5, 5.41) is 1.53. The molecule has 0 spiro atoms. The molecule has 2 aliphatic rings. The molecule has 5 heteroatoms. The molecule has 126 valence electrons. The van der Waals surface area contributed by atoms with Gasteiger partial charge in [0.15, 0.2) is 0 Å². The van der Waals surface area contributed by atoms with Crippen LogP contribution in [0.5, 0.6) is 0 Å². The van der Waals surface area contributed by atoms with Crippen molar-refractivity contribution in [2.24, 2.45) is 0 Å². The van der Waals surface area contributed by atoms with Gasteiger partial charge in [0, 0.05) is 23.6 Å². The van der Waals surface area contributed by atoms with E-state index in [0.717, 1.165) is 10.5 Å². The largest absolute Gasteiger partial charge is 0.302 e. The fourth-order valence-electron chi connectivity index (χ4n) is 3.26. The summed E-state index contributed by atoms with van der Waals surface area (Å²) in [6, 6.07) is 0. The smallest absolute Gasteiger partial charge is 0.0250 e. The first-order chi connectivity index (χ1) is 9.74. The average molecular weight is 353 g/mol. The van der Waals surface area contributed by atoms with Crippen LogP contribution in [0.3, 0.4) is 0 Å². The van der Waals surface area contributed by atoms with Crippen molar-refractivity contribution in [3.8, 4) is 0 Å². The summed E-state index contributed by atoms with van der Waals surface area (Å²) in [5.41, 5.74) is 0. The second-order valence-electron chi connectivity index (χ2n) is 6.54. The van der Waals surface area contributed by atoms with Crippen LogP contribution in [0.1, 0.15) is 52.4 Å². The molecule has 0 saturated carbocycles. The van der Waals surface area contributed by atoms with Gasteiger partial charge in [-0.25, -0.2) is 0 Å². The molecule has 2 aliphatic heterocycles. The summed E-state index contributed by atoms with van der Waals surface area (Å²) < 4.78 is 0. The Labute approximate surface area is 146 Å². The number of likely N-dealkylation sites (tertiary alicyclic amines) is 2. The van der Waals surface area contributed by atoms with Gasteiger partial charge in [-0.15, -0.1) is 12.4 Å². The van der Waals surface area contributed by atoms with E-state index < -0.39 is 0 Å². The van der Waals surface area contributed by atoms with Crippen molar-refractivity contribution in [2.75, 3.05) is 39.3 Å². The molecular formula is C16H33ClN2S2. The quantitative estimate of drug-likeness (QED) is 0.620.